The lowest BCUT2D eigenvalue weighted by atomic mass is 10.1. The van der Waals surface area contributed by atoms with Gasteiger partial charge in [-0.1, -0.05) is 12.1 Å². The Hall–Kier alpha value is -1.62. The summed E-state index contributed by atoms with van der Waals surface area (Å²) in [6.07, 6.45) is -0.831. The van der Waals surface area contributed by atoms with Gasteiger partial charge in [0.05, 0.1) is 6.54 Å². The van der Waals surface area contributed by atoms with Gasteiger partial charge in [0.2, 0.25) is 0 Å². The summed E-state index contributed by atoms with van der Waals surface area (Å²) in [4.78, 5) is 11.1. The van der Waals surface area contributed by atoms with Gasteiger partial charge in [-0.2, -0.15) is 0 Å². The van der Waals surface area contributed by atoms with Crippen LogP contribution in [0, 0.1) is 5.82 Å². The third kappa shape index (κ3) is 2.24. The Labute approximate surface area is 86.6 Å². The van der Waals surface area contributed by atoms with Gasteiger partial charge in [0.1, 0.15) is 11.9 Å². The molecular formula is C10H11FN2O2. The minimum atomic E-state index is -0.488. The van der Waals surface area contributed by atoms with Crippen LogP contribution in [-0.4, -0.2) is 24.7 Å². The number of benzene rings is 1. The van der Waals surface area contributed by atoms with Crippen LogP contribution < -0.4 is 5.43 Å². The molecule has 0 radical (unpaired) electrons. The number of hydrogen-bond acceptors (Lipinski definition) is 3. The van der Waals surface area contributed by atoms with Crippen molar-refractivity contribution in [3.8, 4) is 0 Å². The molecule has 15 heavy (non-hydrogen) atoms. The van der Waals surface area contributed by atoms with Crippen molar-refractivity contribution in [3.05, 3.63) is 35.6 Å². The standard InChI is InChI=1S/C10H11FN2O2/c1-13-6-9(15-10(14)12-13)7-2-4-8(11)5-3-7/h2-5,9H,6H2,1H3,(H,12,14). The molecule has 2 rings (SSSR count). The maximum absolute atomic E-state index is 12.7. The molecule has 1 N–H and O–H groups in total. The summed E-state index contributed by atoms with van der Waals surface area (Å²) in [5.41, 5.74) is 3.28. The van der Waals surface area contributed by atoms with Crippen LogP contribution in [0.2, 0.25) is 0 Å². The van der Waals surface area contributed by atoms with Crippen molar-refractivity contribution in [2.24, 2.45) is 0 Å². The van der Waals surface area contributed by atoms with Crippen LogP contribution in [0.1, 0.15) is 11.7 Å². The molecule has 1 aliphatic rings. The monoisotopic (exact) mass is 210 g/mol. The molecule has 0 bridgehead atoms. The number of nitrogens with one attached hydrogen (secondary N) is 1. The van der Waals surface area contributed by atoms with Crippen molar-refractivity contribution in [1.29, 1.82) is 0 Å². The highest BCUT2D eigenvalue weighted by Crippen LogP contribution is 2.20. The smallest absolute Gasteiger partial charge is 0.422 e. The molecule has 0 aliphatic carbocycles. The predicted molar refractivity (Wildman–Crippen MR) is 51.4 cm³/mol. The average molecular weight is 210 g/mol. The van der Waals surface area contributed by atoms with E-state index in [4.69, 9.17) is 4.74 Å². The fraction of sp³-hybridized carbons (Fsp3) is 0.300. The van der Waals surface area contributed by atoms with Gasteiger partial charge in [-0.05, 0) is 17.7 Å². The largest absolute Gasteiger partial charge is 0.439 e. The Balaban J connectivity index is 2.16. The molecule has 1 aromatic rings. The van der Waals surface area contributed by atoms with Gasteiger partial charge in [-0.15, -0.1) is 0 Å². The van der Waals surface area contributed by atoms with Crippen molar-refractivity contribution < 1.29 is 13.9 Å². The second-order valence-corrected chi connectivity index (χ2v) is 3.44. The Bertz CT molecular complexity index is 366. The molecule has 1 atom stereocenters. The zero-order valence-electron chi connectivity index (χ0n) is 8.24. The lowest BCUT2D eigenvalue weighted by Gasteiger charge is -2.30. The van der Waals surface area contributed by atoms with E-state index >= 15 is 0 Å². The number of amides is 1. The maximum atomic E-state index is 12.7. The van der Waals surface area contributed by atoms with E-state index in [9.17, 15) is 9.18 Å². The molecule has 0 saturated carbocycles. The topological polar surface area (TPSA) is 41.6 Å². The van der Waals surface area contributed by atoms with E-state index in [0.29, 0.717) is 6.54 Å². The summed E-state index contributed by atoms with van der Waals surface area (Å²) in [6.45, 7) is 0.539. The molecule has 80 valence electrons. The lowest BCUT2D eigenvalue weighted by Crippen LogP contribution is -2.48. The molecule has 1 aromatic carbocycles. The molecule has 1 amide bonds. The van der Waals surface area contributed by atoms with Crippen molar-refractivity contribution in [1.82, 2.24) is 10.4 Å². The summed E-state index contributed by atoms with van der Waals surface area (Å²) < 4.78 is 17.7. The maximum Gasteiger partial charge on any atom is 0.422 e. The minimum absolute atomic E-state index is 0.299. The first-order chi connectivity index (χ1) is 7.15. The van der Waals surface area contributed by atoms with Crippen molar-refractivity contribution >= 4 is 6.09 Å². The number of rotatable bonds is 1. The first-order valence-corrected chi connectivity index (χ1v) is 4.59. The van der Waals surface area contributed by atoms with Crippen LogP contribution in [0.4, 0.5) is 9.18 Å². The van der Waals surface area contributed by atoms with Gasteiger partial charge in [-0.3, -0.25) is 5.43 Å². The predicted octanol–water partition coefficient (Wildman–Crippen LogP) is 1.45. The number of carbonyl (C=O) groups is 1. The highest BCUT2D eigenvalue weighted by atomic mass is 19.1. The summed E-state index contributed by atoms with van der Waals surface area (Å²) in [5.74, 6) is -0.299. The van der Waals surface area contributed by atoms with E-state index in [1.807, 2.05) is 0 Å². The average Bonchev–Trinajstić information content (AvgIpc) is 2.17. The fourth-order valence-electron chi connectivity index (χ4n) is 1.49. The third-order valence-corrected chi connectivity index (χ3v) is 2.21. The van der Waals surface area contributed by atoms with E-state index < -0.39 is 6.09 Å². The van der Waals surface area contributed by atoms with Crippen LogP contribution in [-0.2, 0) is 4.74 Å². The molecule has 0 aromatic heterocycles. The Morgan fingerprint density at radius 2 is 2.13 bits per heavy atom. The summed E-state index contributed by atoms with van der Waals surface area (Å²) >= 11 is 0. The van der Waals surface area contributed by atoms with E-state index in [1.165, 1.54) is 12.1 Å². The second-order valence-electron chi connectivity index (χ2n) is 3.44. The molecular weight excluding hydrogens is 199 g/mol. The van der Waals surface area contributed by atoms with Crippen LogP contribution in [0.3, 0.4) is 0 Å². The van der Waals surface area contributed by atoms with Crippen molar-refractivity contribution in [2.75, 3.05) is 13.6 Å². The normalized spacial score (nSPS) is 22.0. The van der Waals surface area contributed by atoms with E-state index in [1.54, 1.807) is 24.2 Å². The van der Waals surface area contributed by atoms with Crippen molar-refractivity contribution in [3.63, 3.8) is 0 Å². The van der Waals surface area contributed by atoms with Crippen LogP contribution in [0.25, 0.3) is 0 Å². The third-order valence-electron chi connectivity index (χ3n) is 2.21. The van der Waals surface area contributed by atoms with Gasteiger partial charge in [0.25, 0.3) is 0 Å². The molecule has 0 spiro atoms. The molecule has 1 aliphatic heterocycles. The molecule has 1 fully saturated rings. The summed E-state index contributed by atoms with van der Waals surface area (Å²) in [6, 6.07) is 5.94. The van der Waals surface area contributed by atoms with E-state index in [-0.39, 0.29) is 11.9 Å². The van der Waals surface area contributed by atoms with Gasteiger partial charge >= 0.3 is 6.09 Å². The van der Waals surface area contributed by atoms with E-state index in [0.717, 1.165) is 5.56 Å². The van der Waals surface area contributed by atoms with Gasteiger partial charge < -0.3 is 4.74 Å². The van der Waals surface area contributed by atoms with Gasteiger partial charge in [0.15, 0.2) is 0 Å². The van der Waals surface area contributed by atoms with E-state index in [2.05, 4.69) is 5.43 Å². The highest BCUT2D eigenvalue weighted by molar-refractivity contribution is 5.67. The fourth-order valence-corrected chi connectivity index (χ4v) is 1.49. The molecule has 4 nitrogen and oxygen atoms in total. The number of halogens is 1. The number of cyclic esters (lactones) is 1. The second kappa shape index (κ2) is 3.86. The first kappa shape index (κ1) is 9.92. The van der Waals surface area contributed by atoms with Crippen LogP contribution in [0.5, 0.6) is 0 Å². The zero-order chi connectivity index (χ0) is 10.8. The molecule has 5 heteroatoms. The molecule has 1 heterocycles. The molecule has 1 saturated heterocycles. The Morgan fingerprint density at radius 1 is 1.47 bits per heavy atom. The van der Waals surface area contributed by atoms with Gasteiger partial charge in [0, 0.05) is 7.05 Å². The summed E-state index contributed by atoms with van der Waals surface area (Å²) in [7, 11) is 1.75. The molecule has 1 unspecified atom stereocenters. The first-order valence-electron chi connectivity index (χ1n) is 4.59. The number of carbonyl (C=O) groups excluding carboxylic acids is 1. The highest BCUT2D eigenvalue weighted by Gasteiger charge is 2.24. The van der Waals surface area contributed by atoms with Crippen LogP contribution >= 0.6 is 0 Å². The number of ether oxygens (including phenoxy) is 1. The number of hydrazine groups is 1. The SMILES string of the molecule is CN1CC(c2ccc(F)cc2)OC(=O)N1. The zero-order valence-corrected chi connectivity index (χ0v) is 8.24. The lowest BCUT2D eigenvalue weighted by molar-refractivity contribution is 0.0129. The minimum Gasteiger partial charge on any atom is -0.439 e. The summed E-state index contributed by atoms with van der Waals surface area (Å²) in [5, 5.41) is 1.64. The van der Waals surface area contributed by atoms with Gasteiger partial charge in [-0.25, -0.2) is 14.2 Å². The van der Waals surface area contributed by atoms with Crippen molar-refractivity contribution in [2.45, 2.75) is 6.10 Å². The quantitative estimate of drug-likeness (QED) is 0.762. The Morgan fingerprint density at radius 3 is 2.73 bits per heavy atom. The number of hydrogen-bond donors (Lipinski definition) is 1. The number of nitrogens with zero attached hydrogens (tertiary/aromatic N) is 1. The Kier molecular flexibility index (Phi) is 2.55. The number of likely N-dealkylation sites (N-methyl/N-ethyl adjacent to an activating group) is 1. The van der Waals surface area contributed by atoms with Crippen LogP contribution in [0.15, 0.2) is 24.3 Å².